The van der Waals surface area contributed by atoms with Crippen molar-refractivity contribution in [3.8, 4) is 0 Å². The summed E-state index contributed by atoms with van der Waals surface area (Å²) in [5.41, 5.74) is 5.84. The Kier molecular flexibility index (Phi) is 7.09. The van der Waals surface area contributed by atoms with E-state index < -0.39 is 16.3 Å². The van der Waals surface area contributed by atoms with Crippen LogP contribution in [0.25, 0.3) is 0 Å². The van der Waals surface area contributed by atoms with Crippen molar-refractivity contribution in [3.63, 3.8) is 0 Å². The molecule has 0 aromatic carbocycles. The van der Waals surface area contributed by atoms with Gasteiger partial charge in [-0.2, -0.15) is 13.1 Å². The lowest BCUT2D eigenvalue weighted by molar-refractivity contribution is 0.177. The summed E-state index contributed by atoms with van der Waals surface area (Å²) in [5.74, 6) is 0.246. The third-order valence-electron chi connectivity index (χ3n) is 2.57. The Bertz CT molecular complexity index is 327. The number of methoxy groups -OCH3 is 1. The zero-order valence-corrected chi connectivity index (χ0v) is 11.2. The molecule has 0 aliphatic carbocycles. The normalized spacial score (nSPS) is 13.5. The maximum Gasteiger partial charge on any atom is 0.421 e. The number of nitrogens with one attached hydrogen (secondary N) is 2. The van der Waals surface area contributed by atoms with Gasteiger partial charge in [-0.25, -0.2) is 9.52 Å². The molecule has 0 fully saturated rings. The standard InChI is InChI=1S/C9H21N3O4S/c1-4-7(5-2)8(10)6-11-17(14,15)12-9(13)16-3/h7-8,11H,4-6,10H2,1-3H3,(H,12,13). The highest BCUT2D eigenvalue weighted by Crippen LogP contribution is 2.10. The van der Waals surface area contributed by atoms with Crippen LogP contribution in [0.4, 0.5) is 4.79 Å². The first-order valence-corrected chi connectivity index (χ1v) is 6.95. The number of carbonyl (C=O) groups excluding carboxylic acids is 1. The van der Waals surface area contributed by atoms with Crippen LogP contribution in [0.1, 0.15) is 26.7 Å². The minimum Gasteiger partial charge on any atom is -0.452 e. The van der Waals surface area contributed by atoms with Crippen LogP contribution in [-0.2, 0) is 14.9 Å². The Hall–Kier alpha value is -0.860. The highest BCUT2D eigenvalue weighted by Gasteiger charge is 2.19. The van der Waals surface area contributed by atoms with Crippen molar-refractivity contribution >= 4 is 16.3 Å². The summed E-state index contributed by atoms with van der Waals surface area (Å²) in [5, 5.41) is 0. The van der Waals surface area contributed by atoms with Crippen molar-refractivity contribution in [2.45, 2.75) is 32.7 Å². The Morgan fingerprint density at radius 1 is 1.35 bits per heavy atom. The van der Waals surface area contributed by atoms with Gasteiger partial charge in [-0.1, -0.05) is 26.7 Å². The molecule has 0 aliphatic rings. The number of carbonyl (C=O) groups is 1. The van der Waals surface area contributed by atoms with E-state index in [1.807, 2.05) is 13.8 Å². The molecule has 0 saturated carbocycles. The molecule has 0 aromatic rings. The van der Waals surface area contributed by atoms with E-state index in [1.54, 1.807) is 4.72 Å². The second-order valence-electron chi connectivity index (χ2n) is 3.69. The lowest BCUT2D eigenvalue weighted by atomic mass is 9.95. The van der Waals surface area contributed by atoms with Crippen LogP contribution in [0.15, 0.2) is 0 Å². The fourth-order valence-electron chi connectivity index (χ4n) is 1.45. The molecule has 0 spiro atoms. The molecule has 0 aliphatic heterocycles. The molecule has 0 saturated heterocycles. The minimum atomic E-state index is -3.89. The molecule has 8 heteroatoms. The predicted molar refractivity (Wildman–Crippen MR) is 64.5 cm³/mol. The Balaban J connectivity index is 4.22. The third kappa shape index (κ3) is 6.44. The molecule has 0 heterocycles. The van der Waals surface area contributed by atoms with E-state index in [0.717, 1.165) is 20.0 Å². The Morgan fingerprint density at radius 2 is 1.88 bits per heavy atom. The Morgan fingerprint density at radius 3 is 2.29 bits per heavy atom. The van der Waals surface area contributed by atoms with Gasteiger partial charge < -0.3 is 10.5 Å². The van der Waals surface area contributed by atoms with Crippen LogP contribution in [-0.4, -0.2) is 34.2 Å². The predicted octanol–water partition coefficient (Wildman–Crippen LogP) is -0.0597. The molecule has 1 atom stereocenters. The summed E-state index contributed by atoms with van der Waals surface area (Å²) in [6.45, 7) is 4.07. The van der Waals surface area contributed by atoms with Gasteiger partial charge >= 0.3 is 16.3 Å². The van der Waals surface area contributed by atoms with Crippen LogP contribution in [0.2, 0.25) is 0 Å². The fourth-order valence-corrected chi connectivity index (χ4v) is 2.24. The average Bonchev–Trinajstić information content (AvgIpc) is 2.27. The molecular formula is C9H21N3O4S. The summed E-state index contributed by atoms with van der Waals surface area (Å²) < 4.78 is 30.7. The molecule has 7 nitrogen and oxygen atoms in total. The van der Waals surface area contributed by atoms with Gasteiger partial charge in [-0.15, -0.1) is 0 Å². The van der Waals surface area contributed by atoms with Crippen molar-refractivity contribution in [3.05, 3.63) is 0 Å². The van der Waals surface area contributed by atoms with Crippen LogP contribution < -0.4 is 15.2 Å². The van der Waals surface area contributed by atoms with Gasteiger partial charge in [0.15, 0.2) is 0 Å². The zero-order chi connectivity index (χ0) is 13.5. The molecule has 1 unspecified atom stereocenters. The van der Waals surface area contributed by atoms with E-state index in [2.05, 4.69) is 9.46 Å². The zero-order valence-electron chi connectivity index (χ0n) is 10.4. The lowest BCUT2D eigenvalue weighted by Gasteiger charge is -2.21. The quantitative estimate of drug-likeness (QED) is 0.598. The number of rotatable bonds is 7. The molecule has 0 rings (SSSR count). The molecule has 1 amide bonds. The highest BCUT2D eigenvalue weighted by molar-refractivity contribution is 7.88. The molecular weight excluding hydrogens is 246 g/mol. The van der Waals surface area contributed by atoms with Crippen molar-refractivity contribution in [1.82, 2.24) is 9.44 Å². The largest absolute Gasteiger partial charge is 0.452 e. The number of nitrogens with two attached hydrogens (primary N) is 1. The van der Waals surface area contributed by atoms with Crippen LogP contribution in [0.5, 0.6) is 0 Å². The molecule has 0 bridgehead atoms. The highest BCUT2D eigenvalue weighted by atomic mass is 32.2. The van der Waals surface area contributed by atoms with Gasteiger partial charge in [0.2, 0.25) is 0 Å². The summed E-state index contributed by atoms with van der Waals surface area (Å²) >= 11 is 0. The molecule has 0 aromatic heterocycles. The lowest BCUT2D eigenvalue weighted by Crippen LogP contribution is -2.47. The topological polar surface area (TPSA) is 111 Å². The van der Waals surface area contributed by atoms with Crippen molar-refractivity contribution in [2.75, 3.05) is 13.7 Å². The first-order chi connectivity index (χ1) is 7.86. The molecule has 0 radical (unpaired) electrons. The van der Waals surface area contributed by atoms with E-state index in [9.17, 15) is 13.2 Å². The Labute approximate surface area is 102 Å². The maximum absolute atomic E-state index is 11.3. The number of amides is 1. The van der Waals surface area contributed by atoms with Crippen molar-refractivity contribution in [1.29, 1.82) is 0 Å². The number of hydrogen-bond acceptors (Lipinski definition) is 5. The first kappa shape index (κ1) is 16.1. The molecule has 17 heavy (non-hydrogen) atoms. The second kappa shape index (κ2) is 7.46. The summed E-state index contributed by atoms with van der Waals surface area (Å²) in [6, 6.07) is -0.278. The number of hydrogen-bond donors (Lipinski definition) is 3. The van der Waals surface area contributed by atoms with Crippen LogP contribution >= 0.6 is 0 Å². The summed E-state index contributed by atoms with van der Waals surface area (Å²) in [6.07, 6.45) is 0.724. The van der Waals surface area contributed by atoms with E-state index in [-0.39, 0.29) is 18.5 Å². The SMILES string of the molecule is CCC(CC)C(N)CNS(=O)(=O)NC(=O)OC. The van der Waals surface area contributed by atoms with E-state index in [0.29, 0.717) is 0 Å². The molecule has 4 N–H and O–H groups in total. The first-order valence-electron chi connectivity index (χ1n) is 5.47. The van der Waals surface area contributed by atoms with Gasteiger partial charge in [-0.3, -0.25) is 0 Å². The van der Waals surface area contributed by atoms with Gasteiger partial charge in [-0.05, 0) is 5.92 Å². The monoisotopic (exact) mass is 267 g/mol. The van der Waals surface area contributed by atoms with Gasteiger partial charge in [0.25, 0.3) is 0 Å². The van der Waals surface area contributed by atoms with Crippen LogP contribution in [0.3, 0.4) is 0 Å². The number of ether oxygens (including phenoxy) is 1. The molecule has 102 valence electrons. The summed E-state index contributed by atoms with van der Waals surface area (Å²) in [4.78, 5) is 10.7. The van der Waals surface area contributed by atoms with Crippen molar-refractivity contribution in [2.24, 2.45) is 11.7 Å². The van der Waals surface area contributed by atoms with Gasteiger partial charge in [0.1, 0.15) is 0 Å². The van der Waals surface area contributed by atoms with Gasteiger partial charge in [0.05, 0.1) is 7.11 Å². The van der Waals surface area contributed by atoms with Gasteiger partial charge in [0, 0.05) is 12.6 Å². The summed E-state index contributed by atoms with van der Waals surface area (Å²) in [7, 11) is -2.81. The fraction of sp³-hybridized carbons (Fsp3) is 0.889. The van der Waals surface area contributed by atoms with E-state index >= 15 is 0 Å². The van der Waals surface area contributed by atoms with Crippen molar-refractivity contribution < 1.29 is 17.9 Å². The van der Waals surface area contributed by atoms with Crippen LogP contribution in [0, 0.1) is 5.92 Å². The van der Waals surface area contributed by atoms with E-state index in [4.69, 9.17) is 5.73 Å². The average molecular weight is 267 g/mol. The van der Waals surface area contributed by atoms with E-state index in [1.165, 1.54) is 0 Å². The third-order valence-corrected chi connectivity index (χ3v) is 3.55. The minimum absolute atomic E-state index is 0.0820. The second-order valence-corrected chi connectivity index (χ2v) is 5.19. The maximum atomic E-state index is 11.3. The smallest absolute Gasteiger partial charge is 0.421 e.